The van der Waals surface area contributed by atoms with Crippen LogP contribution in [0.15, 0.2) is 28.7 Å². The van der Waals surface area contributed by atoms with Gasteiger partial charge in [-0.2, -0.15) is 0 Å². The van der Waals surface area contributed by atoms with Crippen LogP contribution >= 0.6 is 15.9 Å². The molecule has 1 aliphatic heterocycles. The molecule has 1 aromatic rings. The molecule has 1 N–H and O–H groups in total. The molecule has 0 aromatic heterocycles. The van der Waals surface area contributed by atoms with Crippen molar-refractivity contribution in [3.63, 3.8) is 0 Å². The summed E-state index contributed by atoms with van der Waals surface area (Å²) in [5.74, 6) is 0.157. The molecular weight excluding hydrogens is 306 g/mol. The number of nitrogens with one attached hydrogen (secondary N) is 1. The lowest BCUT2D eigenvalue weighted by atomic mass is 10.2. The molecule has 0 bridgehead atoms. The summed E-state index contributed by atoms with van der Waals surface area (Å²) in [6.07, 6.45) is 0.974. The quantitative estimate of drug-likeness (QED) is 0.918. The molecule has 1 amide bonds. The van der Waals surface area contributed by atoms with Crippen molar-refractivity contribution in [3.05, 3.63) is 28.7 Å². The van der Waals surface area contributed by atoms with Crippen molar-refractivity contribution >= 4 is 27.5 Å². The summed E-state index contributed by atoms with van der Waals surface area (Å²) in [5, 5.41) is 3.33. The molecule has 5 heteroatoms. The predicted molar refractivity (Wildman–Crippen MR) is 81.5 cm³/mol. The van der Waals surface area contributed by atoms with E-state index in [9.17, 15) is 4.79 Å². The maximum Gasteiger partial charge on any atom is 0.245 e. The van der Waals surface area contributed by atoms with Gasteiger partial charge in [-0.25, -0.2) is 0 Å². The maximum atomic E-state index is 12.6. The Labute approximate surface area is 122 Å². The lowest BCUT2D eigenvalue weighted by molar-refractivity contribution is -0.120. The average Bonchev–Trinajstić information content (AvgIpc) is 2.52. The van der Waals surface area contributed by atoms with E-state index >= 15 is 0 Å². The van der Waals surface area contributed by atoms with Crippen molar-refractivity contribution in [2.75, 3.05) is 38.6 Å². The molecule has 0 spiro atoms. The van der Waals surface area contributed by atoms with Crippen LogP contribution in [-0.4, -0.2) is 50.6 Å². The van der Waals surface area contributed by atoms with Gasteiger partial charge in [-0.3, -0.25) is 4.79 Å². The van der Waals surface area contributed by atoms with E-state index in [4.69, 9.17) is 0 Å². The molecule has 4 nitrogen and oxygen atoms in total. The molecular formula is C14H20BrN3O. The minimum atomic E-state index is -0.128. The van der Waals surface area contributed by atoms with Gasteiger partial charge >= 0.3 is 0 Å². The summed E-state index contributed by atoms with van der Waals surface area (Å²) in [5.41, 5.74) is 0.965. The number of anilines is 1. The SMILES string of the molecule is CN(C)CC1NCCCN(c2cccc(Br)c2)C1=O. The average molecular weight is 326 g/mol. The number of hydrogen-bond donors (Lipinski definition) is 1. The third-order valence-corrected chi connectivity index (χ3v) is 3.67. The number of benzene rings is 1. The first-order valence-electron chi connectivity index (χ1n) is 6.53. The summed E-state index contributed by atoms with van der Waals surface area (Å²) in [7, 11) is 3.98. The third kappa shape index (κ3) is 3.78. The lowest BCUT2D eigenvalue weighted by Gasteiger charge is -2.26. The van der Waals surface area contributed by atoms with Crippen LogP contribution in [0.4, 0.5) is 5.69 Å². The van der Waals surface area contributed by atoms with Gasteiger partial charge < -0.3 is 15.1 Å². The van der Waals surface area contributed by atoms with E-state index in [1.165, 1.54) is 0 Å². The molecule has 0 radical (unpaired) electrons. The van der Waals surface area contributed by atoms with Gasteiger partial charge in [0.2, 0.25) is 5.91 Å². The van der Waals surface area contributed by atoms with E-state index < -0.39 is 0 Å². The van der Waals surface area contributed by atoms with Crippen LogP contribution in [0, 0.1) is 0 Å². The van der Waals surface area contributed by atoms with Gasteiger partial charge in [-0.1, -0.05) is 22.0 Å². The number of rotatable bonds is 3. The molecule has 2 rings (SSSR count). The number of nitrogens with zero attached hydrogens (tertiary/aromatic N) is 2. The molecule has 1 fully saturated rings. The van der Waals surface area contributed by atoms with Crippen molar-refractivity contribution < 1.29 is 4.79 Å². The highest BCUT2D eigenvalue weighted by Crippen LogP contribution is 2.21. The highest BCUT2D eigenvalue weighted by Gasteiger charge is 2.27. The first-order valence-corrected chi connectivity index (χ1v) is 7.32. The predicted octanol–water partition coefficient (Wildman–Crippen LogP) is 1.71. The first kappa shape index (κ1) is 14.5. The fourth-order valence-electron chi connectivity index (χ4n) is 2.31. The fourth-order valence-corrected chi connectivity index (χ4v) is 2.69. The van der Waals surface area contributed by atoms with Gasteiger partial charge in [0, 0.05) is 23.2 Å². The normalized spacial score (nSPS) is 20.7. The smallest absolute Gasteiger partial charge is 0.245 e. The van der Waals surface area contributed by atoms with Gasteiger partial charge in [0.05, 0.1) is 0 Å². The first-order chi connectivity index (χ1) is 9.08. The molecule has 1 aliphatic rings. The summed E-state index contributed by atoms with van der Waals surface area (Å²) < 4.78 is 0.999. The number of amides is 1. The Bertz CT molecular complexity index is 450. The Hall–Kier alpha value is -0.910. The standard InChI is InChI=1S/C14H20BrN3O/c1-17(2)10-13-14(19)18(8-4-7-16-13)12-6-3-5-11(15)9-12/h3,5-6,9,13,16H,4,7-8,10H2,1-2H3. The Kier molecular flexibility index (Phi) is 4.96. The van der Waals surface area contributed by atoms with Crippen molar-refractivity contribution in [1.29, 1.82) is 0 Å². The van der Waals surface area contributed by atoms with Crippen LogP contribution in [0.25, 0.3) is 0 Å². The van der Waals surface area contributed by atoms with Crippen LogP contribution in [0.5, 0.6) is 0 Å². The molecule has 0 saturated carbocycles. The van der Waals surface area contributed by atoms with Crippen molar-refractivity contribution in [2.45, 2.75) is 12.5 Å². The number of hydrogen-bond acceptors (Lipinski definition) is 3. The van der Waals surface area contributed by atoms with Crippen molar-refractivity contribution in [1.82, 2.24) is 10.2 Å². The van der Waals surface area contributed by atoms with Crippen LogP contribution < -0.4 is 10.2 Å². The van der Waals surface area contributed by atoms with Gasteiger partial charge in [0.1, 0.15) is 6.04 Å². The van der Waals surface area contributed by atoms with Crippen molar-refractivity contribution in [3.8, 4) is 0 Å². The molecule has 1 aromatic carbocycles. The monoisotopic (exact) mass is 325 g/mol. The minimum absolute atomic E-state index is 0.128. The van der Waals surface area contributed by atoms with Gasteiger partial charge in [0.25, 0.3) is 0 Å². The van der Waals surface area contributed by atoms with Gasteiger partial charge in [-0.05, 0) is 45.3 Å². The zero-order valence-electron chi connectivity index (χ0n) is 11.4. The second kappa shape index (κ2) is 6.50. The largest absolute Gasteiger partial charge is 0.311 e. The van der Waals surface area contributed by atoms with Gasteiger partial charge in [0.15, 0.2) is 0 Å². The van der Waals surface area contributed by atoms with E-state index in [1.54, 1.807) is 0 Å². The summed E-state index contributed by atoms with van der Waals surface area (Å²) in [4.78, 5) is 16.5. The van der Waals surface area contributed by atoms with Crippen LogP contribution in [0.1, 0.15) is 6.42 Å². The van der Waals surface area contributed by atoms with Gasteiger partial charge in [-0.15, -0.1) is 0 Å². The maximum absolute atomic E-state index is 12.6. The Morgan fingerprint density at radius 3 is 2.95 bits per heavy atom. The van der Waals surface area contributed by atoms with Crippen molar-refractivity contribution in [2.24, 2.45) is 0 Å². The highest BCUT2D eigenvalue weighted by atomic mass is 79.9. The fraction of sp³-hybridized carbons (Fsp3) is 0.500. The second-order valence-electron chi connectivity index (χ2n) is 5.09. The second-order valence-corrected chi connectivity index (χ2v) is 6.01. The van der Waals surface area contributed by atoms with E-state index in [0.717, 1.165) is 36.2 Å². The third-order valence-electron chi connectivity index (χ3n) is 3.18. The lowest BCUT2D eigenvalue weighted by Crippen LogP contribution is -2.49. The highest BCUT2D eigenvalue weighted by molar-refractivity contribution is 9.10. The summed E-state index contributed by atoms with van der Waals surface area (Å²) in [6, 6.07) is 7.79. The number of carbonyl (C=O) groups is 1. The Morgan fingerprint density at radius 1 is 1.47 bits per heavy atom. The topological polar surface area (TPSA) is 35.6 Å². The summed E-state index contributed by atoms with van der Waals surface area (Å²) >= 11 is 3.46. The zero-order chi connectivity index (χ0) is 13.8. The molecule has 1 atom stereocenters. The van der Waals surface area contributed by atoms with E-state index in [1.807, 2.05) is 48.2 Å². The number of halogens is 1. The molecule has 1 saturated heterocycles. The molecule has 0 aliphatic carbocycles. The van der Waals surface area contributed by atoms with Crippen LogP contribution in [0.3, 0.4) is 0 Å². The minimum Gasteiger partial charge on any atom is -0.311 e. The van der Waals surface area contributed by atoms with E-state index in [2.05, 4.69) is 21.2 Å². The number of carbonyl (C=O) groups excluding carboxylic acids is 1. The molecule has 104 valence electrons. The Balaban J connectivity index is 2.21. The molecule has 19 heavy (non-hydrogen) atoms. The number of likely N-dealkylation sites (N-methyl/N-ethyl adjacent to an activating group) is 1. The summed E-state index contributed by atoms with van der Waals surface area (Å²) in [6.45, 7) is 2.38. The van der Waals surface area contributed by atoms with Crippen LogP contribution in [-0.2, 0) is 4.79 Å². The molecule has 1 heterocycles. The van der Waals surface area contributed by atoms with E-state index in [0.29, 0.717) is 0 Å². The van der Waals surface area contributed by atoms with Crippen LogP contribution in [0.2, 0.25) is 0 Å². The zero-order valence-corrected chi connectivity index (χ0v) is 13.0. The molecule has 1 unspecified atom stereocenters. The van der Waals surface area contributed by atoms with E-state index in [-0.39, 0.29) is 11.9 Å². The Morgan fingerprint density at radius 2 is 2.26 bits per heavy atom.